The van der Waals surface area contributed by atoms with Gasteiger partial charge in [0.25, 0.3) is 11.8 Å². The van der Waals surface area contributed by atoms with Gasteiger partial charge in [0.15, 0.2) is 0 Å². The zero-order chi connectivity index (χ0) is 29.9. The molecule has 0 bridgehead atoms. The van der Waals surface area contributed by atoms with Crippen molar-refractivity contribution in [2.45, 2.75) is 37.9 Å². The average Bonchev–Trinajstić information content (AvgIpc) is 3.63. The Kier molecular flexibility index (Phi) is 7.52. The van der Waals surface area contributed by atoms with E-state index < -0.39 is 35.7 Å². The third kappa shape index (κ3) is 5.65. The smallest absolute Gasteiger partial charge is 0.264 e. The number of piperidine rings is 1. The number of carbonyl (C=O) groups excluding carboxylic acids is 5. The molecule has 0 saturated carbocycles. The Hall–Kier alpha value is -5.58. The van der Waals surface area contributed by atoms with Crippen LogP contribution in [0.15, 0.2) is 89.8 Å². The van der Waals surface area contributed by atoms with Gasteiger partial charge in [-0.15, -0.1) is 0 Å². The minimum atomic E-state index is -1.03. The number of anilines is 1. The van der Waals surface area contributed by atoms with Gasteiger partial charge in [-0.2, -0.15) is 0 Å². The Morgan fingerprint density at radius 1 is 0.977 bits per heavy atom. The predicted octanol–water partition coefficient (Wildman–Crippen LogP) is 3.14. The molecule has 2 aromatic carbocycles. The number of fused-ring (bicyclic) bond motifs is 1. The first-order valence-corrected chi connectivity index (χ1v) is 13.8. The number of imide groups is 2. The van der Waals surface area contributed by atoms with Crippen LogP contribution in [0.2, 0.25) is 0 Å². The van der Waals surface area contributed by atoms with E-state index in [-0.39, 0.29) is 36.3 Å². The number of amides is 5. The summed E-state index contributed by atoms with van der Waals surface area (Å²) in [5.74, 6) is -1.77. The number of nitrogens with one attached hydrogen (secondary N) is 3. The quantitative estimate of drug-likeness (QED) is 0.257. The highest BCUT2D eigenvalue weighted by molar-refractivity contribution is 6.25. The molecule has 2 unspecified atom stereocenters. The second kappa shape index (κ2) is 11.7. The second-order valence-electron chi connectivity index (χ2n) is 10.3. The highest BCUT2D eigenvalue weighted by atomic mass is 16.3. The number of furan rings is 1. The maximum absolute atomic E-state index is 13.3. The van der Waals surface area contributed by atoms with Crippen LogP contribution in [-0.2, 0) is 27.3 Å². The van der Waals surface area contributed by atoms with Crippen LogP contribution < -0.4 is 16.0 Å². The van der Waals surface area contributed by atoms with Crippen molar-refractivity contribution in [3.63, 3.8) is 0 Å². The molecular weight excluding hydrogens is 550 g/mol. The summed E-state index contributed by atoms with van der Waals surface area (Å²) in [5.41, 5.74) is 3.38. The molecule has 4 aromatic rings. The summed E-state index contributed by atoms with van der Waals surface area (Å²) in [6.45, 7) is 0.352. The van der Waals surface area contributed by atoms with Gasteiger partial charge in [0.2, 0.25) is 17.7 Å². The Morgan fingerprint density at radius 3 is 2.51 bits per heavy atom. The van der Waals surface area contributed by atoms with E-state index in [0.29, 0.717) is 18.0 Å². The first-order chi connectivity index (χ1) is 20.9. The summed E-state index contributed by atoms with van der Waals surface area (Å²) >= 11 is 0. The fraction of sp³-hybridized carbons (Fsp3) is 0.188. The summed E-state index contributed by atoms with van der Waals surface area (Å²) < 4.78 is 5.54. The first-order valence-electron chi connectivity index (χ1n) is 13.8. The van der Waals surface area contributed by atoms with Crippen molar-refractivity contribution in [1.82, 2.24) is 20.5 Å². The SMILES string of the molecule is O=C1CCC(N2C(=O)c3cccc(NCc4ccc(CC(=O)NC(c5cccnc5)c5ccco5)cc4)c3C2=O)C(=O)N1. The number of hydrogen-bond donors (Lipinski definition) is 3. The zero-order valence-electron chi connectivity index (χ0n) is 22.9. The number of nitrogens with zero attached hydrogens (tertiary/aromatic N) is 2. The molecule has 2 aliphatic rings. The Labute approximate surface area is 246 Å². The van der Waals surface area contributed by atoms with E-state index in [1.54, 1.807) is 55.1 Å². The van der Waals surface area contributed by atoms with Gasteiger partial charge in [-0.3, -0.25) is 39.2 Å². The molecule has 3 N–H and O–H groups in total. The van der Waals surface area contributed by atoms with Gasteiger partial charge in [-0.1, -0.05) is 36.4 Å². The molecule has 0 spiro atoms. The lowest BCUT2D eigenvalue weighted by atomic mass is 10.0. The molecule has 1 fully saturated rings. The molecule has 11 nitrogen and oxygen atoms in total. The molecule has 0 aliphatic carbocycles. The summed E-state index contributed by atoms with van der Waals surface area (Å²) in [7, 11) is 0. The highest BCUT2D eigenvalue weighted by Crippen LogP contribution is 2.32. The molecule has 43 heavy (non-hydrogen) atoms. The zero-order valence-corrected chi connectivity index (χ0v) is 22.9. The predicted molar refractivity (Wildman–Crippen MR) is 154 cm³/mol. The lowest BCUT2D eigenvalue weighted by Crippen LogP contribution is -2.54. The molecule has 0 radical (unpaired) electrons. The number of pyridine rings is 1. The monoisotopic (exact) mass is 577 g/mol. The number of hydrogen-bond acceptors (Lipinski definition) is 8. The van der Waals surface area contributed by atoms with Crippen LogP contribution in [0, 0.1) is 0 Å². The van der Waals surface area contributed by atoms with E-state index in [1.165, 1.54) is 0 Å². The maximum Gasteiger partial charge on any atom is 0.264 e. The van der Waals surface area contributed by atoms with Crippen molar-refractivity contribution in [3.8, 4) is 0 Å². The summed E-state index contributed by atoms with van der Waals surface area (Å²) in [6.07, 6.45) is 5.22. The molecular formula is C32H27N5O6. The fourth-order valence-electron chi connectivity index (χ4n) is 5.35. The largest absolute Gasteiger partial charge is 0.467 e. The van der Waals surface area contributed by atoms with Crippen molar-refractivity contribution < 1.29 is 28.4 Å². The standard InChI is InChI=1S/C32H27N5O6/c38-26-13-12-24(30(40)36-26)37-31(41)22-5-1-6-23(28(22)32(37)42)34-17-20-10-8-19(9-11-20)16-27(39)35-29(25-7-3-15-43-25)21-4-2-14-33-18-21/h1-11,14-15,18,24,29,34H,12-13,16-17H2,(H,35,39)(H,36,38,40). The first kappa shape index (κ1) is 27.6. The molecule has 5 amide bonds. The van der Waals surface area contributed by atoms with Crippen LogP contribution in [0.3, 0.4) is 0 Å². The van der Waals surface area contributed by atoms with Crippen LogP contribution in [0.1, 0.15) is 62.1 Å². The minimum Gasteiger partial charge on any atom is -0.467 e. The highest BCUT2D eigenvalue weighted by Gasteiger charge is 2.45. The van der Waals surface area contributed by atoms with E-state index in [2.05, 4.69) is 20.9 Å². The molecule has 11 heteroatoms. The van der Waals surface area contributed by atoms with Crippen molar-refractivity contribution in [2.24, 2.45) is 0 Å². The number of benzene rings is 2. The number of aromatic nitrogens is 1. The van der Waals surface area contributed by atoms with Gasteiger partial charge in [0.05, 0.1) is 23.8 Å². The van der Waals surface area contributed by atoms with Gasteiger partial charge in [-0.05, 0) is 47.9 Å². The van der Waals surface area contributed by atoms with Crippen LogP contribution in [0.25, 0.3) is 0 Å². The molecule has 2 aliphatic heterocycles. The molecule has 1 saturated heterocycles. The van der Waals surface area contributed by atoms with Crippen molar-refractivity contribution in [1.29, 1.82) is 0 Å². The number of rotatable bonds is 9. The lowest BCUT2D eigenvalue weighted by Gasteiger charge is -2.27. The van der Waals surface area contributed by atoms with Crippen LogP contribution in [-0.4, -0.2) is 45.5 Å². The molecule has 2 atom stereocenters. The van der Waals surface area contributed by atoms with Crippen molar-refractivity contribution >= 4 is 35.2 Å². The second-order valence-corrected chi connectivity index (χ2v) is 10.3. The summed E-state index contributed by atoms with van der Waals surface area (Å²) in [5, 5.41) is 8.45. The Balaban J connectivity index is 1.10. The van der Waals surface area contributed by atoms with Gasteiger partial charge < -0.3 is 15.1 Å². The van der Waals surface area contributed by atoms with Crippen molar-refractivity contribution in [3.05, 3.63) is 119 Å². The molecule has 216 valence electrons. The van der Waals surface area contributed by atoms with Gasteiger partial charge in [0.1, 0.15) is 17.8 Å². The molecule has 6 rings (SSSR count). The van der Waals surface area contributed by atoms with E-state index in [9.17, 15) is 24.0 Å². The summed E-state index contributed by atoms with van der Waals surface area (Å²) in [4.78, 5) is 68.3. The molecule has 4 heterocycles. The van der Waals surface area contributed by atoms with Crippen LogP contribution in [0.5, 0.6) is 0 Å². The van der Waals surface area contributed by atoms with E-state index in [4.69, 9.17) is 4.42 Å². The normalized spacial score (nSPS) is 16.9. The van der Waals surface area contributed by atoms with Crippen LogP contribution >= 0.6 is 0 Å². The van der Waals surface area contributed by atoms with E-state index >= 15 is 0 Å². The van der Waals surface area contributed by atoms with Crippen LogP contribution in [0.4, 0.5) is 5.69 Å². The van der Waals surface area contributed by atoms with Crippen molar-refractivity contribution in [2.75, 3.05) is 5.32 Å². The third-order valence-corrected chi connectivity index (χ3v) is 7.49. The lowest BCUT2D eigenvalue weighted by molar-refractivity contribution is -0.136. The van der Waals surface area contributed by atoms with Gasteiger partial charge in [0, 0.05) is 36.6 Å². The fourth-order valence-corrected chi connectivity index (χ4v) is 5.35. The van der Waals surface area contributed by atoms with Gasteiger partial charge in [-0.25, -0.2) is 0 Å². The minimum absolute atomic E-state index is 0.0572. The number of carbonyl (C=O) groups is 5. The summed E-state index contributed by atoms with van der Waals surface area (Å²) in [6, 6.07) is 18.2. The third-order valence-electron chi connectivity index (χ3n) is 7.49. The molecule has 2 aromatic heterocycles. The average molecular weight is 578 g/mol. The maximum atomic E-state index is 13.3. The Morgan fingerprint density at radius 2 is 1.79 bits per heavy atom. The van der Waals surface area contributed by atoms with E-state index in [1.807, 2.05) is 30.3 Å². The van der Waals surface area contributed by atoms with Gasteiger partial charge >= 0.3 is 0 Å². The van der Waals surface area contributed by atoms with E-state index in [0.717, 1.165) is 21.6 Å². The topological polar surface area (TPSA) is 151 Å². The Bertz CT molecular complexity index is 1700.